The Morgan fingerprint density at radius 3 is 2.15 bits per heavy atom. The van der Waals surface area contributed by atoms with E-state index in [4.69, 9.17) is 9.47 Å². The van der Waals surface area contributed by atoms with E-state index in [1.165, 1.54) is 0 Å². The average Bonchev–Trinajstić information content (AvgIpc) is 2.77. The maximum Gasteiger partial charge on any atom is 0.309 e. The van der Waals surface area contributed by atoms with Gasteiger partial charge < -0.3 is 14.6 Å². The third-order valence-electron chi connectivity index (χ3n) is 5.52. The molecular weight excluding hydrogens is 416 g/mol. The lowest BCUT2D eigenvalue weighted by molar-refractivity contribution is -0.161. The Hall–Kier alpha value is -2.82. The van der Waals surface area contributed by atoms with Gasteiger partial charge in [0, 0.05) is 0 Å². The zero-order chi connectivity index (χ0) is 24.3. The quantitative estimate of drug-likeness (QED) is 0.353. The van der Waals surface area contributed by atoms with E-state index in [0.717, 1.165) is 29.7 Å². The molecule has 0 spiro atoms. The minimum Gasteiger partial charge on any atom is -0.489 e. The standard InChI is InChI=1S/C28H38O5/c1-5-6-12-24(27(31)33-28(2,3)4)19-23(26(29)30)16-13-21-14-17-25(18-15-21)32-20-22-10-8-7-9-11-22/h7-11,14-15,17-18,23-24H,5-6,12-13,16,19-20H2,1-4H3,(H,29,30)/t23-,24+/m1/s1. The van der Waals surface area contributed by atoms with Gasteiger partial charge in [-0.15, -0.1) is 0 Å². The van der Waals surface area contributed by atoms with Gasteiger partial charge in [-0.25, -0.2) is 0 Å². The van der Waals surface area contributed by atoms with Gasteiger partial charge in [-0.3, -0.25) is 9.59 Å². The molecule has 0 fully saturated rings. The molecule has 33 heavy (non-hydrogen) atoms. The molecule has 0 saturated heterocycles. The summed E-state index contributed by atoms with van der Waals surface area (Å²) in [7, 11) is 0. The highest BCUT2D eigenvalue weighted by atomic mass is 16.6. The molecule has 2 rings (SSSR count). The topological polar surface area (TPSA) is 72.8 Å². The van der Waals surface area contributed by atoms with Crippen LogP contribution in [0.1, 0.15) is 70.9 Å². The van der Waals surface area contributed by atoms with Crippen molar-refractivity contribution in [2.24, 2.45) is 11.8 Å². The van der Waals surface area contributed by atoms with Crippen LogP contribution in [0.2, 0.25) is 0 Å². The van der Waals surface area contributed by atoms with Crippen molar-refractivity contribution in [2.75, 3.05) is 0 Å². The van der Waals surface area contributed by atoms with Crippen molar-refractivity contribution in [3.05, 3.63) is 65.7 Å². The molecule has 5 nitrogen and oxygen atoms in total. The normalized spacial score (nSPS) is 13.2. The van der Waals surface area contributed by atoms with Gasteiger partial charge in [-0.05, 0) is 69.7 Å². The number of carbonyl (C=O) groups excluding carboxylic acids is 1. The van der Waals surface area contributed by atoms with Crippen LogP contribution in [-0.2, 0) is 27.4 Å². The van der Waals surface area contributed by atoms with Crippen molar-refractivity contribution in [1.29, 1.82) is 0 Å². The van der Waals surface area contributed by atoms with Gasteiger partial charge in [-0.1, -0.05) is 62.2 Å². The predicted molar refractivity (Wildman–Crippen MR) is 130 cm³/mol. The Kier molecular flexibility index (Phi) is 10.4. The zero-order valence-corrected chi connectivity index (χ0v) is 20.4. The lowest BCUT2D eigenvalue weighted by Gasteiger charge is -2.25. The molecule has 2 aromatic carbocycles. The largest absolute Gasteiger partial charge is 0.489 e. The van der Waals surface area contributed by atoms with Crippen LogP contribution in [0.15, 0.2) is 54.6 Å². The van der Waals surface area contributed by atoms with E-state index in [0.29, 0.717) is 32.3 Å². The molecule has 0 amide bonds. The number of benzene rings is 2. The van der Waals surface area contributed by atoms with Crippen molar-refractivity contribution >= 4 is 11.9 Å². The molecule has 0 aromatic heterocycles. The van der Waals surface area contributed by atoms with Crippen LogP contribution in [0.5, 0.6) is 5.75 Å². The van der Waals surface area contributed by atoms with E-state index in [-0.39, 0.29) is 11.9 Å². The third-order valence-corrected chi connectivity index (χ3v) is 5.52. The summed E-state index contributed by atoms with van der Waals surface area (Å²) < 4.78 is 11.4. The number of esters is 1. The number of rotatable bonds is 13. The van der Waals surface area contributed by atoms with Gasteiger partial charge in [0.15, 0.2) is 0 Å². The number of unbranched alkanes of at least 4 members (excludes halogenated alkanes) is 1. The highest BCUT2D eigenvalue weighted by molar-refractivity contribution is 5.75. The van der Waals surface area contributed by atoms with E-state index in [1.807, 2.05) is 75.4 Å². The van der Waals surface area contributed by atoms with Gasteiger partial charge in [0.1, 0.15) is 18.0 Å². The Morgan fingerprint density at radius 1 is 0.909 bits per heavy atom. The fourth-order valence-corrected chi connectivity index (χ4v) is 3.69. The summed E-state index contributed by atoms with van der Waals surface area (Å²) in [6.45, 7) is 8.08. The first-order chi connectivity index (χ1) is 15.7. The second kappa shape index (κ2) is 13.0. The van der Waals surface area contributed by atoms with E-state index in [2.05, 4.69) is 6.92 Å². The fourth-order valence-electron chi connectivity index (χ4n) is 3.69. The number of aliphatic carboxylic acids is 1. The van der Waals surface area contributed by atoms with Gasteiger partial charge in [0.2, 0.25) is 0 Å². The smallest absolute Gasteiger partial charge is 0.309 e. The molecule has 0 bridgehead atoms. The first-order valence-corrected chi connectivity index (χ1v) is 11.9. The lowest BCUT2D eigenvalue weighted by Crippen LogP contribution is -2.31. The van der Waals surface area contributed by atoms with Crippen LogP contribution in [0.25, 0.3) is 0 Å². The average molecular weight is 455 g/mol. The molecule has 0 aliphatic rings. The molecular formula is C28H38O5. The molecule has 0 heterocycles. The molecule has 0 radical (unpaired) electrons. The second-order valence-electron chi connectivity index (χ2n) is 9.60. The Morgan fingerprint density at radius 2 is 1.58 bits per heavy atom. The van der Waals surface area contributed by atoms with Crippen LogP contribution in [0, 0.1) is 11.8 Å². The Bertz CT molecular complexity index is 852. The summed E-state index contributed by atoms with van der Waals surface area (Å²) in [5.74, 6) is -1.35. The molecule has 0 unspecified atom stereocenters. The van der Waals surface area contributed by atoms with E-state index < -0.39 is 17.5 Å². The van der Waals surface area contributed by atoms with Crippen LogP contribution in [0.3, 0.4) is 0 Å². The van der Waals surface area contributed by atoms with E-state index in [1.54, 1.807) is 0 Å². The van der Waals surface area contributed by atoms with E-state index in [9.17, 15) is 14.7 Å². The Labute approximate surface area is 198 Å². The monoisotopic (exact) mass is 454 g/mol. The minimum atomic E-state index is -0.858. The van der Waals surface area contributed by atoms with Crippen LogP contribution in [-0.4, -0.2) is 22.6 Å². The maximum atomic E-state index is 12.7. The van der Waals surface area contributed by atoms with Crippen LogP contribution < -0.4 is 4.74 Å². The maximum absolute atomic E-state index is 12.7. The number of aryl methyl sites for hydroxylation is 1. The minimum absolute atomic E-state index is 0.290. The van der Waals surface area contributed by atoms with Gasteiger partial charge in [0.05, 0.1) is 11.8 Å². The molecule has 2 atom stereocenters. The molecule has 5 heteroatoms. The highest BCUT2D eigenvalue weighted by Gasteiger charge is 2.30. The van der Waals surface area contributed by atoms with E-state index >= 15 is 0 Å². The summed E-state index contributed by atoms with van der Waals surface area (Å²) >= 11 is 0. The first kappa shape index (κ1) is 26.4. The molecule has 0 aliphatic heterocycles. The van der Waals surface area contributed by atoms with Gasteiger partial charge in [-0.2, -0.15) is 0 Å². The molecule has 1 N–H and O–H groups in total. The zero-order valence-electron chi connectivity index (χ0n) is 20.4. The lowest BCUT2D eigenvalue weighted by atomic mass is 9.87. The molecule has 0 aliphatic carbocycles. The summed E-state index contributed by atoms with van der Waals surface area (Å²) in [5.41, 5.74) is 1.58. The fraction of sp³-hybridized carbons (Fsp3) is 0.500. The number of carboxylic acid groups (broad SMARTS) is 1. The summed E-state index contributed by atoms with van der Waals surface area (Å²) in [6, 6.07) is 17.8. The van der Waals surface area contributed by atoms with Crippen LogP contribution >= 0.6 is 0 Å². The number of carbonyl (C=O) groups is 2. The number of ether oxygens (including phenoxy) is 2. The molecule has 0 saturated carbocycles. The van der Waals surface area contributed by atoms with Crippen molar-refractivity contribution in [3.63, 3.8) is 0 Å². The first-order valence-electron chi connectivity index (χ1n) is 11.9. The second-order valence-corrected chi connectivity index (χ2v) is 9.60. The van der Waals surface area contributed by atoms with Crippen LogP contribution in [0.4, 0.5) is 0 Å². The van der Waals surface area contributed by atoms with Crippen molar-refractivity contribution < 1.29 is 24.2 Å². The highest BCUT2D eigenvalue weighted by Crippen LogP contribution is 2.26. The number of carboxylic acids is 1. The summed E-state index contributed by atoms with van der Waals surface area (Å²) in [4.78, 5) is 24.6. The molecule has 2 aromatic rings. The number of hydrogen-bond donors (Lipinski definition) is 1. The van der Waals surface area contributed by atoms with Crippen molar-refractivity contribution in [2.45, 2.75) is 78.4 Å². The third kappa shape index (κ3) is 10.1. The summed E-state index contributed by atoms with van der Waals surface area (Å²) in [5, 5.41) is 9.79. The number of hydrogen-bond acceptors (Lipinski definition) is 4. The Balaban J connectivity index is 1.93. The SMILES string of the molecule is CCCC[C@@H](C[C@@H](CCc1ccc(OCc2ccccc2)cc1)C(=O)O)C(=O)OC(C)(C)C. The van der Waals surface area contributed by atoms with Gasteiger partial charge in [0.25, 0.3) is 0 Å². The van der Waals surface area contributed by atoms with Gasteiger partial charge >= 0.3 is 11.9 Å². The van der Waals surface area contributed by atoms with Crippen molar-refractivity contribution in [1.82, 2.24) is 0 Å². The van der Waals surface area contributed by atoms with Crippen molar-refractivity contribution in [3.8, 4) is 5.75 Å². The molecule has 180 valence electrons. The summed E-state index contributed by atoms with van der Waals surface area (Å²) in [6.07, 6.45) is 3.90. The predicted octanol–water partition coefficient (Wildman–Crippen LogP) is 6.44.